The van der Waals surface area contributed by atoms with Crippen molar-refractivity contribution in [3.05, 3.63) is 48.3 Å². The average Bonchev–Trinajstić information content (AvgIpc) is 2.39. The minimum atomic E-state index is 0.257. The first-order valence-corrected chi connectivity index (χ1v) is 6.14. The average molecular weight is 235 g/mol. The van der Waals surface area contributed by atoms with Crippen molar-refractivity contribution in [1.29, 1.82) is 5.26 Å². The number of hydrogen-bond acceptors (Lipinski definition) is 3. The largest absolute Gasteiger partial charge is 0.237 e. The molecule has 0 bridgehead atoms. The molecule has 1 aliphatic carbocycles. The number of benzene rings is 1. The molecule has 0 saturated heterocycles. The van der Waals surface area contributed by atoms with Crippen LogP contribution < -0.4 is 0 Å². The van der Waals surface area contributed by atoms with Gasteiger partial charge < -0.3 is 0 Å². The molecule has 0 spiro atoms. The van der Waals surface area contributed by atoms with Crippen LogP contribution in [0.5, 0.6) is 0 Å². The van der Waals surface area contributed by atoms with E-state index in [-0.39, 0.29) is 5.92 Å². The highest BCUT2D eigenvalue weighted by Gasteiger charge is 2.29. The molecule has 3 heteroatoms. The van der Waals surface area contributed by atoms with Crippen LogP contribution in [0.4, 0.5) is 0 Å². The maximum atomic E-state index is 8.78. The molecule has 0 N–H and O–H groups in total. The molecule has 0 atom stereocenters. The zero-order valence-electron chi connectivity index (χ0n) is 9.95. The fourth-order valence-corrected chi connectivity index (χ4v) is 2.35. The molecule has 1 heterocycles. The third-order valence-electron chi connectivity index (χ3n) is 3.53. The lowest BCUT2D eigenvalue weighted by Gasteiger charge is -2.30. The molecule has 3 nitrogen and oxygen atoms in total. The van der Waals surface area contributed by atoms with Gasteiger partial charge in [0.05, 0.1) is 6.07 Å². The van der Waals surface area contributed by atoms with E-state index in [4.69, 9.17) is 5.26 Å². The van der Waals surface area contributed by atoms with Crippen molar-refractivity contribution in [3.63, 3.8) is 0 Å². The van der Waals surface area contributed by atoms with Gasteiger partial charge in [-0.15, -0.1) is 0 Å². The Morgan fingerprint density at radius 3 is 2.33 bits per heavy atom. The van der Waals surface area contributed by atoms with E-state index >= 15 is 0 Å². The van der Waals surface area contributed by atoms with Gasteiger partial charge in [0.25, 0.3) is 0 Å². The lowest BCUT2D eigenvalue weighted by molar-refractivity contribution is 0.331. The van der Waals surface area contributed by atoms with Gasteiger partial charge in [0.1, 0.15) is 0 Å². The van der Waals surface area contributed by atoms with Crippen LogP contribution in [0.25, 0.3) is 11.4 Å². The number of hydrogen-bond donors (Lipinski definition) is 0. The van der Waals surface area contributed by atoms with Crippen LogP contribution in [-0.2, 0) is 0 Å². The Bertz CT molecular complexity index is 563. The molecule has 0 unspecified atom stereocenters. The third-order valence-corrected chi connectivity index (χ3v) is 3.53. The summed E-state index contributed by atoms with van der Waals surface area (Å²) in [4.78, 5) is 8.46. The van der Waals surface area contributed by atoms with Gasteiger partial charge in [-0.05, 0) is 30.4 Å². The van der Waals surface area contributed by atoms with Crippen molar-refractivity contribution in [2.75, 3.05) is 0 Å². The van der Waals surface area contributed by atoms with E-state index in [2.05, 4.69) is 40.3 Å². The van der Waals surface area contributed by atoms with E-state index in [1.165, 1.54) is 5.56 Å². The molecule has 1 saturated carbocycles. The van der Waals surface area contributed by atoms with Gasteiger partial charge in [-0.25, -0.2) is 9.97 Å². The number of aromatic nitrogens is 2. The van der Waals surface area contributed by atoms with Crippen LogP contribution in [0, 0.1) is 17.2 Å². The van der Waals surface area contributed by atoms with E-state index in [1.54, 1.807) is 12.4 Å². The Morgan fingerprint density at radius 2 is 1.72 bits per heavy atom. The van der Waals surface area contributed by atoms with Crippen LogP contribution in [0.15, 0.2) is 42.7 Å². The minimum Gasteiger partial charge on any atom is -0.237 e. The van der Waals surface area contributed by atoms with E-state index < -0.39 is 0 Å². The second-order valence-electron chi connectivity index (χ2n) is 4.69. The zero-order chi connectivity index (χ0) is 12.4. The smallest absolute Gasteiger partial charge is 0.159 e. The first kappa shape index (κ1) is 10.9. The summed E-state index contributed by atoms with van der Waals surface area (Å²) in [7, 11) is 0. The van der Waals surface area contributed by atoms with E-state index in [9.17, 15) is 0 Å². The molecule has 0 amide bonds. The fraction of sp³-hybridized carbons (Fsp3) is 0.267. The Labute approximate surface area is 106 Å². The van der Waals surface area contributed by atoms with Crippen molar-refractivity contribution in [3.8, 4) is 17.5 Å². The predicted molar refractivity (Wildman–Crippen MR) is 68.5 cm³/mol. The van der Waals surface area contributed by atoms with Gasteiger partial charge >= 0.3 is 0 Å². The molecule has 3 rings (SSSR count). The summed E-state index contributed by atoms with van der Waals surface area (Å²) in [6, 6.07) is 12.5. The van der Waals surface area contributed by atoms with Gasteiger partial charge in [-0.3, -0.25) is 0 Å². The lowest BCUT2D eigenvalue weighted by Crippen LogP contribution is -2.20. The predicted octanol–water partition coefficient (Wildman–Crippen LogP) is 3.16. The standard InChI is InChI=1S/C15H13N3/c16-10-11-8-14(9-11)12-2-4-13(5-3-12)15-17-6-1-7-18-15/h1-7,11,14H,8-9H2. The topological polar surface area (TPSA) is 49.6 Å². The van der Waals surface area contributed by atoms with Gasteiger partial charge in [0, 0.05) is 23.9 Å². The van der Waals surface area contributed by atoms with Crippen LogP contribution in [-0.4, -0.2) is 9.97 Å². The van der Waals surface area contributed by atoms with Crippen LogP contribution in [0.1, 0.15) is 24.3 Å². The maximum absolute atomic E-state index is 8.78. The summed E-state index contributed by atoms with van der Waals surface area (Å²) < 4.78 is 0. The quantitative estimate of drug-likeness (QED) is 0.803. The molecule has 0 radical (unpaired) electrons. The summed E-state index contributed by atoms with van der Waals surface area (Å²) in [5, 5.41) is 8.78. The first-order valence-electron chi connectivity index (χ1n) is 6.14. The minimum absolute atomic E-state index is 0.257. The second kappa shape index (κ2) is 4.58. The molecule has 18 heavy (non-hydrogen) atoms. The Morgan fingerprint density at radius 1 is 1.06 bits per heavy atom. The second-order valence-corrected chi connectivity index (χ2v) is 4.69. The molecule has 2 aromatic rings. The maximum Gasteiger partial charge on any atom is 0.159 e. The summed E-state index contributed by atoms with van der Waals surface area (Å²) in [5.74, 6) is 1.57. The summed E-state index contributed by atoms with van der Waals surface area (Å²) in [5.41, 5.74) is 2.36. The summed E-state index contributed by atoms with van der Waals surface area (Å²) in [6.07, 6.45) is 5.49. The SMILES string of the molecule is N#CC1CC(c2ccc(-c3ncccn3)cc2)C1. The van der Waals surface area contributed by atoms with Crippen molar-refractivity contribution in [2.24, 2.45) is 5.92 Å². The number of rotatable bonds is 2. The van der Waals surface area contributed by atoms with E-state index in [0.29, 0.717) is 5.92 Å². The molecule has 88 valence electrons. The third kappa shape index (κ3) is 1.98. The van der Waals surface area contributed by atoms with Gasteiger partial charge in [0.15, 0.2) is 5.82 Å². The van der Waals surface area contributed by atoms with Gasteiger partial charge in [-0.2, -0.15) is 5.26 Å². The van der Waals surface area contributed by atoms with Crippen molar-refractivity contribution in [1.82, 2.24) is 9.97 Å². The Balaban J connectivity index is 1.77. The fourth-order valence-electron chi connectivity index (χ4n) is 2.35. The van der Waals surface area contributed by atoms with Crippen LogP contribution in [0.2, 0.25) is 0 Å². The van der Waals surface area contributed by atoms with E-state index in [1.807, 2.05) is 6.07 Å². The van der Waals surface area contributed by atoms with Gasteiger partial charge in [0.2, 0.25) is 0 Å². The number of nitriles is 1. The molecular formula is C15H13N3. The normalized spacial score (nSPS) is 21.9. The van der Waals surface area contributed by atoms with Crippen molar-refractivity contribution in [2.45, 2.75) is 18.8 Å². The molecule has 1 aliphatic rings. The zero-order valence-corrected chi connectivity index (χ0v) is 9.95. The van der Waals surface area contributed by atoms with Crippen molar-refractivity contribution < 1.29 is 0 Å². The monoisotopic (exact) mass is 235 g/mol. The molecule has 1 aromatic heterocycles. The summed E-state index contributed by atoms with van der Waals surface area (Å²) >= 11 is 0. The highest BCUT2D eigenvalue weighted by atomic mass is 14.8. The molecule has 1 aromatic carbocycles. The first-order chi connectivity index (χ1) is 8.86. The molecule has 0 aliphatic heterocycles. The summed E-state index contributed by atoms with van der Waals surface area (Å²) in [6.45, 7) is 0. The van der Waals surface area contributed by atoms with E-state index in [0.717, 1.165) is 24.2 Å². The Kier molecular flexibility index (Phi) is 2.77. The Hall–Kier alpha value is -2.21. The lowest BCUT2D eigenvalue weighted by atomic mass is 9.72. The highest BCUT2D eigenvalue weighted by molar-refractivity contribution is 5.55. The number of nitrogens with zero attached hydrogens (tertiary/aromatic N) is 3. The van der Waals surface area contributed by atoms with Gasteiger partial charge in [-0.1, -0.05) is 24.3 Å². The molecule has 1 fully saturated rings. The van der Waals surface area contributed by atoms with Crippen molar-refractivity contribution >= 4 is 0 Å². The molecular weight excluding hydrogens is 222 g/mol. The van der Waals surface area contributed by atoms with Crippen LogP contribution in [0.3, 0.4) is 0 Å². The highest BCUT2D eigenvalue weighted by Crippen LogP contribution is 2.41. The van der Waals surface area contributed by atoms with Crippen LogP contribution >= 0.6 is 0 Å².